The third kappa shape index (κ3) is 13.5. The van der Waals surface area contributed by atoms with Crippen LogP contribution in [0.5, 0.6) is 0 Å². The van der Waals surface area contributed by atoms with Crippen molar-refractivity contribution in [3.05, 3.63) is 31.2 Å². The van der Waals surface area contributed by atoms with E-state index < -0.39 is 0 Å². The van der Waals surface area contributed by atoms with E-state index in [4.69, 9.17) is 0 Å². The van der Waals surface area contributed by atoms with Crippen molar-refractivity contribution in [1.82, 2.24) is 0 Å². The molecule has 0 N–H and O–H groups in total. The van der Waals surface area contributed by atoms with Gasteiger partial charge in [0.15, 0.2) is 0 Å². The van der Waals surface area contributed by atoms with Crippen molar-refractivity contribution >= 4 is 0 Å². The number of allylic oxidation sites excluding steroid dienone is 4. The van der Waals surface area contributed by atoms with Crippen LogP contribution in [0.4, 0.5) is 0 Å². The first-order valence-electron chi connectivity index (χ1n) is 6.51. The Hall–Kier alpha value is -0.520. The SMILES string of the molecule is [CH2]CCCC/C=C\C/C=C\CCCCC. The van der Waals surface area contributed by atoms with Crippen LogP contribution in [0.25, 0.3) is 0 Å². The molecule has 0 aliphatic heterocycles. The van der Waals surface area contributed by atoms with Crippen LogP contribution in [0.3, 0.4) is 0 Å². The Balaban J connectivity index is 3.14. The maximum Gasteiger partial charge on any atom is -0.0169 e. The van der Waals surface area contributed by atoms with Gasteiger partial charge in [0.25, 0.3) is 0 Å². The van der Waals surface area contributed by atoms with Crippen molar-refractivity contribution in [3.63, 3.8) is 0 Å². The summed E-state index contributed by atoms with van der Waals surface area (Å²) in [7, 11) is 0. The summed E-state index contributed by atoms with van der Waals surface area (Å²) in [5, 5.41) is 0. The van der Waals surface area contributed by atoms with Gasteiger partial charge in [0, 0.05) is 0 Å². The fraction of sp³-hybridized carbons (Fsp3) is 0.667. The predicted octanol–water partition coefficient (Wildman–Crippen LogP) is 5.46. The van der Waals surface area contributed by atoms with Crippen molar-refractivity contribution in [1.29, 1.82) is 0 Å². The zero-order valence-corrected chi connectivity index (χ0v) is 10.4. The Bertz CT molecular complexity index is 135. The van der Waals surface area contributed by atoms with Crippen molar-refractivity contribution < 1.29 is 0 Å². The summed E-state index contributed by atoms with van der Waals surface area (Å²) in [6, 6.07) is 0. The first kappa shape index (κ1) is 14.5. The Morgan fingerprint density at radius 3 is 1.93 bits per heavy atom. The summed E-state index contributed by atoms with van der Waals surface area (Å²) in [5.74, 6) is 0. The lowest BCUT2D eigenvalue weighted by atomic mass is 10.2. The molecule has 0 aliphatic carbocycles. The highest BCUT2D eigenvalue weighted by atomic mass is 13.9. The third-order valence-electron chi connectivity index (χ3n) is 2.45. The van der Waals surface area contributed by atoms with Gasteiger partial charge in [0.2, 0.25) is 0 Å². The molecule has 0 amide bonds. The molecule has 0 aliphatic rings. The van der Waals surface area contributed by atoms with E-state index in [1.807, 2.05) is 0 Å². The van der Waals surface area contributed by atoms with Gasteiger partial charge < -0.3 is 0 Å². The lowest BCUT2D eigenvalue weighted by Crippen LogP contribution is -1.71. The Kier molecular flexibility index (Phi) is 13.0. The molecule has 0 heterocycles. The first-order valence-corrected chi connectivity index (χ1v) is 6.51. The molecule has 1 radical (unpaired) electrons. The van der Waals surface area contributed by atoms with Crippen LogP contribution < -0.4 is 0 Å². The zero-order valence-electron chi connectivity index (χ0n) is 10.4. The maximum atomic E-state index is 3.83. The van der Waals surface area contributed by atoms with E-state index in [0.29, 0.717) is 0 Å². The van der Waals surface area contributed by atoms with Gasteiger partial charge in [0.1, 0.15) is 0 Å². The molecule has 0 bridgehead atoms. The topological polar surface area (TPSA) is 0 Å². The summed E-state index contributed by atoms with van der Waals surface area (Å²) in [6.45, 7) is 6.08. The van der Waals surface area contributed by atoms with Crippen LogP contribution in [0.1, 0.15) is 64.7 Å². The van der Waals surface area contributed by atoms with E-state index in [1.54, 1.807) is 0 Å². The van der Waals surface area contributed by atoms with E-state index in [0.717, 1.165) is 12.8 Å². The number of unbranched alkanes of at least 4 members (excludes halogenated alkanes) is 6. The van der Waals surface area contributed by atoms with Crippen LogP contribution in [0, 0.1) is 6.92 Å². The molecule has 0 aromatic rings. The van der Waals surface area contributed by atoms with Crippen LogP contribution >= 0.6 is 0 Å². The molecule has 0 atom stereocenters. The fourth-order valence-corrected chi connectivity index (χ4v) is 1.46. The smallest absolute Gasteiger partial charge is 0.0169 e. The van der Waals surface area contributed by atoms with Crippen LogP contribution in [0.15, 0.2) is 24.3 Å². The highest BCUT2D eigenvalue weighted by molar-refractivity contribution is 4.92. The number of hydrogen-bond donors (Lipinski definition) is 0. The van der Waals surface area contributed by atoms with E-state index in [9.17, 15) is 0 Å². The Morgan fingerprint density at radius 2 is 1.40 bits per heavy atom. The molecule has 0 rings (SSSR count). The Morgan fingerprint density at radius 1 is 0.800 bits per heavy atom. The van der Waals surface area contributed by atoms with Gasteiger partial charge in [-0.25, -0.2) is 0 Å². The van der Waals surface area contributed by atoms with Gasteiger partial charge >= 0.3 is 0 Å². The largest absolute Gasteiger partial charge is 0.0882 e. The van der Waals surface area contributed by atoms with E-state index in [2.05, 4.69) is 38.2 Å². The lowest BCUT2D eigenvalue weighted by Gasteiger charge is -1.92. The quantitative estimate of drug-likeness (QED) is 0.329. The molecule has 0 saturated heterocycles. The number of rotatable bonds is 10. The highest BCUT2D eigenvalue weighted by Gasteiger charge is 1.82. The van der Waals surface area contributed by atoms with Crippen molar-refractivity contribution in [2.24, 2.45) is 0 Å². The second kappa shape index (κ2) is 13.5. The summed E-state index contributed by atoms with van der Waals surface area (Å²) in [6.07, 6.45) is 20.4. The van der Waals surface area contributed by atoms with Crippen LogP contribution in [-0.2, 0) is 0 Å². The van der Waals surface area contributed by atoms with Gasteiger partial charge in [-0.3, -0.25) is 0 Å². The second-order valence-corrected chi connectivity index (χ2v) is 4.02. The minimum absolute atomic E-state index is 1.07. The van der Waals surface area contributed by atoms with Gasteiger partial charge in [-0.15, -0.1) is 0 Å². The lowest BCUT2D eigenvalue weighted by molar-refractivity contribution is 0.728. The molecule has 0 heteroatoms. The molecule has 87 valence electrons. The Labute approximate surface area is 96.5 Å². The molecule has 0 aromatic heterocycles. The molecule has 0 spiro atoms. The average Bonchev–Trinajstić information content (AvgIpc) is 2.26. The standard InChI is InChI=1S/C15H27/c1-3-5-7-9-11-13-15-14-12-10-8-6-4-2/h11-14H,1,3-10,15H2,2H3/b13-11-,14-12-. The molecule has 0 fully saturated rings. The van der Waals surface area contributed by atoms with Crippen molar-refractivity contribution in [3.8, 4) is 0 Å². The molecule has 0 unspecified atom stereocenters. The third-order valence-corrected chi connectivity index (χ3v) is 2.45. The summed E-state index contributed by atoms with van der Waals surface area (Å²) < 4.78 is 0. The molecule has 0 nitrogen and oxygen atoms in total. The van der Waals surface area contributed by atoms with Crippen LogP contribution in [-0.4, -0.2) is 0 Å². The molecular weight excluding hydrogens is 180 g/mol. The normalized spacial score (nSPS) is 11.9. The monoisotopic (exact) mass is 207 g/mol. The minimum Gasteiger partial charge on any atom is -0.0882 e. The predicted molar refractivity (Wildman–Crippen MR) is 70.9 cm³/mol. The zero-order chi connectivity index (χ0) is 11.2. The highest BCUT2D eigenvalue weighted by Crippen LogP contribution is 2.02. The van der Waals surface area contributed by atoms with Gasteiger partial charge in [-0.2, -0.15) is 0 Å². The number of hydrogen-bond acceptors (Lipinski definition) is 0. The van der Waals surface area contributed by atoms with Crippen molar-refractivity contribution in [2.75, 3.05) is 0 Å². The summed E-state index contributed by atoms with van der Waals surface area (Å²) in [4.78, 5) is 0. The van der Waals surface area contributed by atoms with Gasteiger partial charge in [-0.05, 0) is 32.1 Å². The maximum absolute atomic E-state index is 3.83. The van der Waals surface area contributed by atoms with Gasteiger partial charge in [-0.1, -0.05) is 63.8 Å². The van der Waals surface area contributed by atoms with E-state index in [1.165, 1.54) is 44.9 Å². The van der Waals surface area contributed by atoms with Crippen molar-refractivity contribution in [2.45, 2.75) is 64.7 Å². The summed E-state index contributed by atoms with van der Waals surface area (Å²) >= 11 is 0. The summed E-state index contributed by atoms with van der Waals surface area (Å²) in [5.41, 5.74) is 0. The molecule has 0 aromatic carbocycles. The fourth-order valence-electron chi connectivity index (χ4n) is 1.46. The molecule has 15 heavy (non-hydrogen) atoms. The second-order valence-electron chi connectivity index (χ2n) is 4.02. The van der Waals surface area contributed by atoms with E-state index >= 15 is 0 Å². The molecule has 0 saturated carbocycles. The van der Waals surface area contributed by atoms with Gasteiger partial charge in [0.05, 0.1) is 0 Å². The minimum atomic E-state index is 1.07. The molecular formula is C15H27. The average molecular weight is 207 g/mol. The van der Waals surface area contributed by atoms with E-state index in [-0.39, 0.29) is 0 Å². The van der Waals surface area contributed by atoms with Crippen LogP contribution in [0.2, 0.25) is 0 Å². The first-order chi connectivity index (χ1) is 7.41.